The molecule has 214 valence electrons. The maximum Gasteiger partial charge on any atom is 0.416 e. The van der Waals surface area contributed by atoms with E-state index in [1.807, 2.05) is 0 Å². The van der Waals surface area contributed by atoms with E-state index in [1.165, 1.54) is 19.7 Å². The van der Waals surface area contributed by atoms with Crippen LogP contribution in [0.5, 0.6) is 6.01 Å². The first kappa shape index (κ1) is 29.3. The molecule has 1 aliphatic heterocycles. The van der Waals surface area contributed by atoms with Crippen molar-refractivity contribution >= 4 is 5.91 Å². The molecule has 40 heavy (non-hydrogen) atoms. The molecule has 1 aliphatic rings. The second kappa shape index (κ2) is 12.2. The van der Waals surface area contributed by atoms with Crippen LogP contribution < -0.4 is 4.74 Å². The highest BCUT2D eigenvalue weighted by molar-refractivity contribution is 5.99. The van der Waals surface area contributed by atoms with Gasteiger partial charge in [0.1, 0.15) is 6.61 Å². The van der Waals surface area contributed by atoms with Gasteiger partial charge in [-0.05, 0) is 49.7 Å². The van der Waals surface area contributed by atoms with Gasteiger partial charge >= 0.3 is 18.4 Å². The van der Waals surface area contributed by atoms with Gasteiger partial charge in [0.15, 0.2) is 0 Å². The number of ether oxygens (including phenoxy) is 1. The average Bonchev–Trinajstić information content (AvgIpc) is 2.92. The second-order valence-corrected chi connectivity index (χ2v) is 9.61. The lowest BCUT2D eigenvalue weighted by atomic mass is 10.0. The summed E-state index contributed by atoms with van der Waals surface area (Å²) >= 11 is 0. The van der Waals surface area contributed by atoms with E-state index in [4.69, 9.17) is 4.74 Å². The molecule has 0 bridgehead atoms. The topological polar surface area (TPSA) is 58.6 Å². The molecule has 2 heterocycles. The Bertz CT molecular complexity index is 1280. The Hall–Kier alpha value is -3.67. The minimum absolute atomic E-state index is 0.0279. The average molecular weight is 567 g/mol. The van der Waals surface area contributed by atoms with E-state index in [0.717, 1.165) is 30.8 Å². The summed E-state index contributed by atoms with van der Waals surface area (Å²) in [5.41, 5.74) is -2.38. The number of hydrogen-bond donors (Lipinski definition) is 0. The van der Waals surface area contributed by atoms with E-state index in [1.54, 1.807) is 30.3 Å². The van der Waals surface area contributed by atoms with Crippen LogP contribution in [-0.4, -0.2) is 59.0 Å². The van der Waals surface area contributed by atoms with Crippen LogP contribution >= 0.6 is 0 Å². The molecule has 0 atom stereocenters. The van der Waals surface area contributed by atoms with Crippen LogP contribution in [0, 0.1) is 0 Å². The number of benzene rings is 2. The molecule has 0 N–H and O–H groups in total. The highest BCUT2D eigenvalue weighted by Crippen LogP contribution is 2.36. The minimum atomic E-state index is -4.99. The van der Waals surface area contributed by atoms with Crippen molar-refractivity contribution in [2.75, 3.05) is 33.3 Å². The lowest BCUT2D eigenvalue weighted by Gasteiger charge is -2.26. The number of rotatable bonds is 8. The number of nitrogens with zero attached hydrogens (tertiary/aromatic N) is 4. The van der Waals surface area contributed by atoms with Crippen molar-refractivity contribution in [2.24, 2.45) is 0 Å². The molecule has 4 rings (SSSR count). The van der Waals surface area contributed by atoms with Crippen molar-refractivity contribution in [3.05, 3.63) is 77.0 Å². The van der Waals surface area contributed by atoms with E-state index in [-0.39, 0.29) is 28.9 Å². The summed E-state index contributed by atoms with van der Waals surface area (Å²) in [6, 6.07) is 10.0. The molecule has 12 heteroatoms. The molecule has 3 aromatic rings. The molecule has 6 nitrogen and oxygen atoms in total. The second-order valence-electron chi connectivity index (χ2n) is 9.61. The maximum atomic E-state index is 13.4. The smallest absolute Gasteiger partial charge is 0.416 e. The summed E-state index contributed by atoms with van der Waals surface area (Å²) in [5.74, 6) is -0.676. The molecular formula is C28H28F6N4O2. The highest BCUT2D eigenvalue weighted by Gasteiger charge is 2.37. The zero-order valence-corrected chi connectivity index (χ0v) is 21.7. The molecule has 0 unspecified atom stereocenters. The van der Waals surface area contributed by atoms with Gasteiger partial charge < -0.3 is 9.64 Å². The number of alkyl halides is 6. The number of carbonyl (C=O) groups is 1. The molecule has 1 aromatic heterocycles. The maximum absolute atomic E-state index is 13.4. The van der Waals surface area contributed by atoms with Gasteiger partial charge in [-0.1, -0.05) is 36.8 Å². The van der Waals surface area contributed by atoms with Gasteiger partial charge in [-0.15, -0.1) is 0 Å². The third-order valence-electron chi connectivity index (χ3n) is 6.55. The van der Waals surface area contributed by atoms with Crippen molar-refractivity contribution in [1.82, 2.24) is 19.8 Å². The number of piperidine rings is 1. The summed E-state index contributed by atoms with van der Waals surface area (Å²) in [4.78, 5) is 25.3. The van der Waals surface area contributed by atoms with Gasteiger partial charge in [0, 0.05) is 31.9 Å². The SMILES string of the molecule is CN(Cc1cc(C(F)(F)F)cc(C(F)(F)F)c1)C(=O)c1cnc(OCCN2CCCCC2)nc1-c1ccccc1. The van der Waals surface area contributed by atoms with Crippen LogP contribution in [0.3, 0.4) is 0 Å². The zero-order valence-electron chi connectivity index (χ0n) is 21.7. The zero-order chi connectivity index (χ0) is 28.9. The molecule has 1 saturated heterocycles. The fourth-order valence-corrected chi connectivity index (χ4v) is 4.52. The number of likely N-dealkylation sites (tertiary alicyclic amines) is 1. The molecule has 1 amide bonds. The molecule has 0 radical (unpaired) electrons. The number of hydrogen-bond acceptors (Lipinski definition) is 5. The van der Waals surface area contributed by atoms with Crippen molar-refractivity contribution < 1.29 is 35.9 Å². The number of carbonyl (C=O) groups excluding carboxylic acids is 1. The van der Waals surface area contributed by atoms with E-state index in [2.05, 4.69) is 14.9 Å². The minimum Gasteiger partial charge on any atom is -0.462 e. The van der Waals surface area contributed by atoms with Crippen molar-refractivity contribution in [1.29, 1.82) is 0 Å². The van der Waals surface area contributed by atoms with Gasteiger partial charge in [0.2, 0.25) is 0 Å². The Morgan fingerprint density at radius 2 is 1.57 bits per heavy atom. The normalized spacial score (nSPS) is 14.7. The summed E-state index contributed by atoms with van der Waals surface area (Å²) in [7, 11) is 1.29. The Morgan fingerprint density at radius 1 is 0.950 bits per heavy atom. The predicted octanol–water partition coefficient (Wildman–Crippen LogP) is 6.32. The van der Waals surface area contributed by atoms with E-state index >= 15 is 0 Å². The van der Waals surface area contributed by atoms with Crippen molar-refractivity contribution in [2.45, 2.75) is 38.2 Å². The van der Waals surface area contributed by atoms with Crippen LogP contribution in [0.2, 0.25) is 0 Å². The Kier molecular flexibility index (Phi) is 8.97. The van der Waals surface area contributed by atoms with E-state index < -0.39 is 35.9 Å². The monoisotopic (exact) mass is 566 g/mol. The first-order valence-corrected chi connectivity index (χ1v) is 12.7. The van der Waals surface area contributed by atoms with E-state index in [0.29, 0.717) is 30.8 Å². The van der Waals surface area contributed by atoms with Crippen molar-refractivity contribution in [3.8, 4) is 17.3 Å². The summed E-state index contributed by atoms with van der Waals surface area (Å²) in [6.07, 6.45) is -5.23. The van der Waals surface area contributed by atoms with Crippen LogP contribution in [0.4, 0.5) is 26.3 Å². The molecular weight excluding hydrogens is 538 g/mol. The van der Waals surface area contributed by atoms with Crippen LogP contribution in [0.1, 0.15) is 46.3 Å². The largest absolute Gasteiger partial charge is 0.462 e. The van der Waals surface area contributed by atoms with Crippen LogP contribution in [0.25, 0.3) is 11.3 Å². The molecule has 0 spiro atoms. The summed E-state index contributed by atoms with van der Waals surface area (Å²) < 4.78 is 85.5. The Balaban J connectivity index is 1.57. The summed E-state index contributed by atoms with van der Waals surface area (Å²) in [6.45, 7) is 2.53. The first-order valence-electron chi connectivity index (χ1n) is 12.7. The highest BCUT2D eigenvalue weighted by atomic mass is 19.4. The van der Waals surface area contributed by atoms with Gasteiger partial charge in [0.05, 0.1) is 22.4 Å². The van der Waals surface area contributed by atoms with Gasteiger partial charge in [-0.2, -0.15) is 31.3 Å². The lowest BCUT2D eigenvalue weighted by Crippen LogP contribution is -2.33. The Morgan fingerprint density at radius 3 is 2.17 bits per heavy atom. The van der Waals surface area contributed by atoms with Crippen LogP contribution in [-0.2, 0) is 18.9 Å². The molecule has 2 aromatic carbocycles. The third-order valence-corrected chi connectivity index (χ3v) is 6.55. The van der Waals surface area contributed by atoms with Crippen LogP contribution in [0.15, 0.2) is 54.7 Å². The Labute approximate surface area is 227 Å². The standard InChI is InChI=1S/C28H28F6N4O2/c1-37(18-19-14-21(27(29,30)31)16-22(15-19)28(32,33)34)25(39)23-17-35-26(36-24(23)20-8-4-2-5-9-20)40-13-12-38-10-6-3-7-11-38/h2,4-5,8-9,14-17H,3,6-7,10-13,18H2,1H3. The predicted molar refractivity (Wildman–Crippen MR) is 135 cm³/mol. The fourth-order valence-electron chi connectivity index (χ4n) is 4.52. The van der Waals surface area contributed by atoms with Gasteiger partial charge in [0.25, 0.3) is 5.91 Å². The number of halogens is 6. The first-order chi connectivity index (χ1) is 18.9. The van der Waals surface area contributed by atoms with E-state index in [9.17, 15) is 31.1 Å². The molecule has 0 aliphatic carbocycles. The molecule has 0 saturated carbocycles. The number of aromatic nitrogens is 2. The van der Waals surface area contributed by atoms with Gasteiger partial charge in [-0.25, -0.2) is 4.98 Å². The van der Waals surface area contributed by atoms with Gasteiger partial charge in [-0.3, -0.25) is 9.69 Å². The number of amides is 1. The lowest BCUT2D eigenvalue weighted by molar-refractivity contribution is -0.143. The third kappa shape index (κ3) is 7.50. The fraction of sp³-hybridized carbons (Fsp3) is 0.393. The summed E-state index contributed by atoms with van der Waals surface area (Å²) in [5, 5.41) is 0. The molecule has 1 fully saturated rings. The quantitative estimate of drug-likeness (QED) is 0.299. The van der Waals surface area contributed by atoms with Crippen molar-refractivity contribution in [3.63, 3.8) is 0 Å².